The average molecular weight is 401 g/mol. The highest BCUT2D eigenvalue weighted by atomic mass is 32.1. The van der Waals surface area contributed by atoms with Crippen molar-refractivity contribution in [2.75, 3.05) is 27.4 Å². The van der Waals surface area contributed by atoms with Gasteiger partial charge in [-0.2, -0.15) is 0 Å². The van der Waals surface area contributed by atoms with Gasteiger partial charge in [-0.1, -0.05) is 6.07 Å². The second kappa shape index (κ2) is 8.58. The molecule has 7 heteroatoms. The van der Waals surface area contributed by atoms with Gasteiger partial charge < -0.3 is 19.5 Å². The zero-order chi connectivity index (χ0) is 20.3. The van der Waals surface area contributed by atoms with Crippen LogP contribution in [0.2, 0.25) is 0 Å². The maximum Gasteiger partial charge on any atom is 0.295 e. The number of carbonyl (C=O) groups is 2. The number of carbonyl (C=O) groups excluding carboxylic acids is 2. The molecular weight excluding hydrogens is 378 g/mol. The SMILES string of the molecule is COCCCN1C(=O)C(=O)/C(=C(/O)c2ccc(OC)cc2C)C1c1cccs1. The number of ketones is 1. The van der Waals surface area contributed by atoms with E-state index in [1.807, 2.05) is 24.4 Å². The third-order valence-corrected chi connectivity index (χ3v) is 5.71. The lowest BCUT2D eigenvalue weighted by Crippen LogP contribution is -2.31. The van der Waals surface area contributed by atoms with Crippen molar-refractivity contribution < 1.29 is 24.2 Å². The van der Waals surface area contributed by atoms with Crippen LogP contribution in [0, 0.1) is 6.92 Å². The molecule has 1 aliphatic rings. The molecule has 0 bridgehead atoms. The maximum absolute atomic E-state index is 12.8. The number of aliphatic hydroxyl groups is 1. The van der Waals surface area contributed by atoms with Crippen LogP contribution in [0.25, 0.3) is 5.76 Å². The van der Waals surface area contributed by atoms with E-state index < -0.39 is 17.7 Å². The van der Waals surface area contributed by atoms with Gasteiger partial charge >= 0.3 is 0 Å². The topological polar surface area (TPSA) is 76.1 Å². The molecule has 0 spiro atoms. The Balaban J connectivity index is 2.09. The number of likely N-dealkylation sites (tertiary alicyclic amines) is 1. The highest BCUT2D eigenvalue weighted by Gasteiger charge is 2.46. The molecule has 3 rings (SSSR count). The number of benzene rings is 1. The molecule has 1 aromatic heterocycles. The number of ether oxygens (including phenoxy) is 2. The van der Waals surface area contributed by atoms with Gasteiger partial charge in [0.1, 0.15) is 11.5 Å². The minimum absolute atomic E-state index is 0.123. The van der Waals surface area contributed by atoms with Crippen LogP contribution in [0.15, 0.2) is 41.3 Å². The first-order valence-electron chi connectivity index (χ1n) is 8.95. The fraction of sp³-hybridized carbons (Fsp3) is 0.333. The van der Waals surface area contributed by atoms with Gasteiger partial charge in [0, 0.05) is 30.7 Å². The number of aryl methyl sites for hydroxylation is 1. The van der Waals surface area contributed by atoms with E-state index in [0.717, 1.165) is 10.4 Å². The number of rotatable bonds is 7. The lowest BCUT2D eigenvalue weighted by molar-refractivity contribution is -0.140. The summed E-state index contributed by atoms with van der Waals surface area (Å²) in [6, 6.07) is 8.35. The van der Waals surface area contributed by atoms with E-state index in [1.54, 1.807) is 32.4 Å². The number of hydrogen-bond donors (Lipinski definition) is 1. The number of amides is 1. The van der Waals surface area contributed by atoms with Crippen LogP contribution in [0.1, 0.15) is 28.5 Å². The largest absolute Gasteiger partial charge is 0.507 e. The number of thiophene rings is 1. The quantitative estimate of drug-likeness (QED) is 0.332. The summed E-state index contributed by atoms with van der Waals surface area (Å²) in [5.41, 5.74) is 1.39. The molecule has 2 heterocycles. The summed E-state index contributed by atoms with van der Waals surface area (Å²) in [6.45, 7) is 2.68. The first kappa shape index (κ1) is 20.1. The summed E-state index contributed by atoms with van der Waals surface area (Å²) in [4.78, 5) is 27.9. The van der Waals surface area contributed by atoms with Crippen molar-refractivity contribution in [3.63, 3.8) is 0 Å². The van der Waals surface area contributed by atoms with Crippen molar-refractivity contribution in [2.24, 2.45) is 0 Å². The Bertz CT molecular complexity index is 904. The molecular formula is C21H23NO5S. The first-order valence-corrected chi connectivity index (χ1v) is 9.83. The van der Waals surface area contributed by atoms with Crippen LogP contribution in [-0.4, -0.2) is 49.1 Å². The number of methoxy groups -OCH3 is 2. The normalized spacial score (nSPS) is 18.7. The summed E-state index contributed by atoms with van der Waals surface area (Å²) in [6.07, 6.45) is 0.604. The Labute approximate surface area is 168 Å². The number of nitrogens with zero attached hydrogens (tertiary/aromatic N) is 1. The molecule has 0 radical (unpaired) electrons. The standard InChI is InChI=1S/C21H23NO5S/c1-13-12-14(27-3)7-8-15(13)19(23)17-18(16-6-4-11-28-16)22(9-5-10-26-2)21(25)20(17)24/h4,6-8,11-12,18,23H,5,9-10H2,1-3H3/b19-17+. The molecule has 0 saturated carbocycles. The van der Waals surface area contributed by atoms with E-state index >= 15 is 0 Å². The summed E-state index contributed by atoms with van der Waals surface area (Å²) >= 11 is 1.45. The minimum atomic E-state index is -0.663. The van der Waals surface area contributed by atoms with Crippen molar-refractivity contribution in [3.8, 4) is 5.75 Å². The van der Waals surface area contributed by atoms with Gasteiger partial charge in [0.05, 0.1) is 18.7 Å². The Hall–Kier alpha value is -2.64. The van der Waals surface area contributed by atoms with Crippen molar-refractivity contribution in [2.45, 2.75) is 19.4 Å². The Morgan fingerprint density at radius 2 is 2.04 bits per heavy atom. The van der Waals surface area contributed by atoms with E-state index in [-0.39, 0.29) is 11.3 Å². The monoisotopic (exact) mass is 401 g/mol. The Kier molecular flexibility index (Phi) is 6.16. The Morgan fingerprint density at radius 3 is 2.64 bits per heavy atom. The molecule has 1 aromatic carbocycles. The first-order chi connectivity index (χ1) is 13.5. The number of Topliss-reactive ketones (excluding diaryl/α,β-unsaturated/α-hetero) is 1. The second-order valence-electron chi connectivity index (χ2n) is 6.54. The molecule has 28 heavy (non-hydrogen) atoms. The van der Waals surface area contributed by atoms with Crippen LogP contribution in [0.3, 0.4) is 0 Å². The van der Waals surface area contributed by atoms with E-state index in [2.05, 4.69) is 0 Å². The van der Waals surface area contributed by atoms with Crippen LogP contribution < -0.4 is 4.74 Å². The second-order valence-corrected chi connectivity index (χ2v) is 7.51. The molecule has 0 aliphatic carbocycles. The van der Waals surface area contributed by atoms with Gasteiger partial charge in [0.25, 0.3) is 11.7 Å². The van der Waals surface area contributed by atoms with Crippen molar-refractivity contribution in [1.29, 1.82) is 0 Å². The molecule has 1 atom stereocenters. The van der Waals surface area contributed by atoms with Crippen molar-refractivity contribution >= 4 is 28.8 Å². The predicted octanol–water partition coefficient (Wildman–Crippen LogP) is 3.52. The molecule has 1 N–H and O–H groups in total. The van der Waals surface area contributed by atoms with E-state index in [4.69, 9.17) is 9.47 Å². The molecule has 6 nitrogen and oxygen atoms in total. The summed E-state index contributed by atoms with van der Waals surface area (Å²) in [5, 5.41) is 12.9. The van der Waals surface area contributed by atoms with Crippen LogP contribution in [0.4, 0.5) is 0 Å². The van der Waals surface area contributed by atoms with Crippen molar-refractivity contribution in [3.05, 3.63) is 57.3 Å². The van der Waals surface area contributed by atoms with Gasteiger partial charge in [-0.05, 0) is 48.6 Å². The van der Waals surface area contributed by atoms with Gasteiger partial charge in [-0.15, -0.1) is 11.3 Å². The molecule has 2 aromatic rings. The van der Waals surface area contributed by atoms with E-state index in [1.165, 1.54) is 16.2 Å². The third-order valence-electron chi connectivity index (χ3n) is 4.79. The van der Waals surface area contributed by atoms with Crippen molar-refractivity contribution in [1.82, 2.24) is 4.90 Å². The lowest BCUT2D eigenvalue weighted by Gasteiger charge is -2.24. The maximum atomic E-state index is 12.8. The smallest absolute Gasteiger partial charge is 0.295 e. The van der Waals surface area contributed by atoms with Crippen LogP contribution in [0.5, 0.6) is 5.75 Å². The molecule has 1 fully saturated rings. The average Bonchev–Trinajstić information content (AvgIpc) is 3.30. The molecule has 1 unspecified atom stereocenters. The lowest BCUT2D eigenvalue weighted by atomic mass is 9.97. The van der Waals surface area contributed by atoms with E-state index in [9.17, 15) is 14.7 Å². The molecule has 148 valence electrons. The minimum Gasteiger partial charge on any atom is -0.507 e. The van der Waals surface area contributed by atoms with Gasteiger partial charge in [-0.25, -0.2) is 0 Å². The van der Waals surface area contributed by atoms with Crippen LogP contribution in [-0.2, 0) is 14.3 Å². The summed E-state index contributed by atoms with van der Waals surface area (Å²) < 4.78 is 10.3. The predicted molar refractivity (Wildman–Crippen MR) is 108 cm³/mol. The zero-order valence-electron chi connectivity index (χ0n) is 16.1. The highest BCUT2D eigenvalue weighted by Crippen LogP contribution is 2.41. The number of hydrogen-bond acceptors (Lipinski definition) is 6. The zero-order valence-corrected chi connectivity index (χ0v) is 16.9. The summed E-state index contributed by atoms with van der Waals surface area (Å²) in [7, 11) is 3.16. The Morgan fingerprint density at radius 1 is 1.25 bits per heavy atom. The van der Waals surface area contributed by atoms with Gasteiger partial charge in [0.2, 0.25) is 0 Å². The van der Waals surface area contributed by atoms with Gasteiger partial charge in [0.15, 0.2) is 0 Å². The molecule has 1 amide bonds. The van der Waals surface area contributed by atoms with E-state index in [0.29, 0.717) is 30.9 Å². The molecule has 1 aliphatic heterocycles. The number of aliphatic hydroxyl groups excluding tert-OH is 1. The highest BCUT2D eigenvalue weighted by molar-refractivity contribution is 7.10. The summed E-state index contributed by atoms with van der Waals surface area (Å²) in [5.74, 6) is -0.763. The third kappa shape index (κ3) is 3.68. The van der Waals surface area contributed by atoms with Gasteiger partial charge in [-0.3, -0.25) is 9.59 Å². The van der Waals surface area contributed by atoms with Crippen LogP contribution >= 0.6 is 11.3 Å². The fourth-order valence-corrected chi connectivity index (χ4v) is 4.25. The molecule has 1 saturated heterocycles. The fourth-order valence-electron chi connectivity index (χ4n) is 3.41.